The second-order valence-corrected chi connectivity index (χ2v) is 5.37. The Balaban J connectivity index is 1.84. The van der Waals surface area contributed by atoms with Gasteiger partial charge in [-0.05, 0) is 36.0 Å². The van der Waals surface area contributed by atoms with Gasteiger partial charge < -0.3 is 10.5 Å². The van der Waals surface area contributed by atoms with Crippen LogP contribution in [0.5, 0.6) is 5.88 Å². The smallest absolute Gasteiger partial charge is 0.218 e. The van der Waals surface area contributed by atoms with E-state index in [0.29, 0.717) is 5.88 Å². The molecule has 2 N–H and O–H groups in total. The predicted octanol–water partition coefficient (Wildman–Crippen LogP) is 3.41. The van der Waals surface area contributed by atoms with E-state index in [1.54, 1.807) is 13.3 Å². The lowest BCUT2D eigenvalue weighted by molar-refractivity contribution is 0.390. The minimum absolute atomic E-state index is 0.200. The van der Waals surface area contributed by atoms with E-state index >= 15 is 0 Å². The monoisotopic (exact) mass is 268 g/mol. The van der Waals surface area contributed by atoms with Crippen molar-refractivity contribution in [1.29, 1.82) is 0 Å². The molecule has 0 saturated heterocycles. The van der Waals surface area contributed by atoms with Crippen LogP contribution in [0.2, 0.25) is 0 Å². The summed E-state index contributed by atoms with van der Waals surface area (Å²) in [6, 6.07) is 12.3. The van der Waals surface area contributed by atoms with Gasteiger partial charge in [-0.25, -0.2) is 4.98 Å². The first-order valence-electron chi connectivity index (χ1n) is 7.14. The van der Waals surface area contributed by atoms with Gasteiger partial charge in [-0.3, -0.25) is 0 Å². The fourth-order valence-electron chi connectivity index (χ4n) is 2.71. The summed E-state index contributed by atoms with van der Waals surface area (Å²) in [5.74, 6) is 1.36. The Hall–Kier alpha value is -1.87. The molecule has 1 atom stereocenters. The molecule has 0 aliphatic heterocycles. The van der Waals surface area contributed by atoms with Gasteiger partial charge in [0.25, 0.3) is 0 Å². The van der Waals surface area contributed by atoms with Crippen molar-refractivity contribution in [2.75, 3.05) is 7.11 Å². The summed E-state index contributed by atoms with van der Waals surface area (Å²) in [5.41, 5.74) is 9.80. The molecule has 20 heavy (non-hydrogen) atoms. The van der Waals surface area contributed by atoms with Gasteiger partial charge in [0.15, 0.2) is 0 Å². The van der Waals surface area contributed by atoms with Gasteiger partial charge in [-0.15, -0.1) is 0 Å². The lowest BCUT2D eigenvalue weighted by atomic mass is 9.79. The molecule has 1 aromatic heterocycles. The first kappa shape index (κ1) is 13.1. The van der Waals surface area contributed by atoms with E-state index in [9.17, 15) is 0 Å². The van der Waals surface area contributed by atoms with Gasteiger partial charge in [-0.1, -0.05) is 36.8 Å². The summed E-state index contributed by atoms with van der Waals surface area (Å²) in [7, 11) is 1.62. The Labute approximate surface area is 119 Å². The standard InChI is InChI=1S/C17H20N2O/c1-20-17-15(6-3-11-19-17)16(18)14-9-7-13(8-10-14)12-4-2-5-12/h3,6-12,16H,2,4-5,18H2,1H3. The summed E-state index contributed by atoms with van der Waals surface area (Å²) in [5, 5.41) is 0. The first-order chi connectivity index (χ1) is 9.79. The highest BCUT2D eigenvalue weighted by molar-refractivity contribution is 5.38. The molecule has 0 amide bonds. The van der Waals surface area contributed by atoms with Gasteiger partial charge in [-0.2, -0.15) is 0 Å². The molecular formula is C17H20N2O. The minimum atomic E-state index is -0.200. The number of benzene rings is 1. The molecule has 1 heterocycles. The molecule has 0 spiro atoms. The average molecular weight is 268 g/mol. The number of nitrogens with zero attached hydrogens (tertiary/aromatic N) is 1. The van der Waals surface area contributed by atoms with Crippen molar-refractivity contribution in [1.82, 2.24) is 4.98 Å². The number of hydrogen-bond acceptors (Lipinski definition) is 3. The van der Waals surface area contributed by atoms with E-state index in [4.69, 9.17) is 10.5 Å². The summed E-state index contributed by atoms with van der Waals surface area (Å²) in [6.45, 7) is 0. The summed E-state index contributed by atoms with van der Waals surface area (Å²) >= 11 is 0. The van der Waals surface area contributed by atoms with Gasteiger partial charge in [0.2, 0.25) is 5.88 Å². The fraction of sp³-hybridized carbons (Fsp3) is 0.353. The second kappa shape index (κ2) is 5.63. The number of hydrogen-bond donors (Lipinski definition) is 1. The molecule has 1 saturated carbocycles. The molecule has 3 heteroatoms. The molecule has 1 aliphatic carbocycles. The Morgan fingerprint density at radius 2 is 1.95 bits per heavy atom. The third-order valence-electron chi connectivity index (χ3n) is 4.20. The summed E-state index contributed by atoms with van der Waals surface area (Å²) in [4.78, 5) is 4.21. The summed E-state index contributed by atoms with van der Waals surface area (Å²) in [6.07, 6.45) is 5.72. The van der Waals surface area contributed by atoms with Gasteiger partial charge in [0.05, 0.1) is 13.2 Å². The van der Waals surface area contributed by atoms with Crippen LogP contribution < -0.4 is 10.5 Å². The van der Waals surface area contributed by atoms with Crippen LogP contribution in [0.15, 0.2) is 42.6 Å². The minimum Gasteiger partial charge on any atom is -0.481 e. The van der Waals surface area contributed by atoms with Crippen LogP contribution in [-0.2, 0) is 0 Å². The van der Waals surface area contributed by atoms with Gasteiger partial charge >= 0.3 is 0 Å². The molecule has 104 valence electrons. The first-order valence-corrected chi connectivity index (χ1v) is 7.14. The zero-order valence-electron chi connectivity index (χ0n) is 11.8. The highest BCUT2D eigenvalue weighted by Gasteiger charge is 2.20. The Morgan fingerprint density at radius 3 is 2.55 bits per heavy atom. The highest BCUT2D eigenvalue weighted by Crippen LogP contribution is 2.37. The maximum absolute atomic E-state index is 6.35. The predicted molar refractivity (Wildman–Crippen MR) is 79.9 cm³/mol. The maximum Gasteiger partial charge on any atom is 0.218 e. The van der Waals surface area contributed by atoms with E-state index in [1.165, 1.54) is 24.8 Å². The van der Waals surface area contributed by atoms with Crippen molar-refractivity contribution in [3.8, 4) is 5.88 Å². The van der Waals surface area contributed by atoms with Crippen molar-refractivity contribution >= 4 is 0 Å². The molecule has 1 fully saturated rings. The Bertz CT molecular complexity index is 576. The lowest BCUT2D eigenvalue weighted by Gasteiger charge is -2.26. The van der Waals surface area contributed by atoms with Crippen molar-refractivity contribution in [3.05, 3.63) is 59.3 Å². The fourth-order valence-corrected chi connectivity index (χ4v) is 2.71. The second-order valence-electron chi connectivity index (χ2n) is 5.37. The van der Waals surface area contributed by atoms with Crippen LogP contribution in [0.3, 0.4) is 0 Å². The van der Waals surface area contributed by atoms with Crippen LogP contribution >= 0.6 is 0 Å². The van der Waals surface area contributed by atoms with Crippen LogP contribution in [0, 0.1) is 0 Å². The molecule has 0 radical (unpaired) electrons. The van der Waals surface area contributed by atoms with E-state index in [-0.39, 0.29) is 6.04 Å². The third kappa shape index (κ3) is 2.41. The normalized spacial score (nSPS) is 16.5. The van der Waals surface area contributed by atoms with E-state index in [0.717, 1.165) is 17.0 Å². The van der Waals surface area contributed by atoms with Gasteiger partial charge in [0, 0.05) is 11.8 Å². The van der Waals surface area contributed by atoms with Gasteiger partial charge in [0.1, 0.15) is 0 Å². The molecule has 1 aromatic carbocycles. The number of rotatable bonds is 4. The Morgan fingerprint density at radius 1 is 1.20 bits per heavy atom. The molecule has 2 aromatic rings. The molecule has 1 unspecified atom stereocenters. The quantitative estimate of drug-likeness (QED) is 0.924. The third-order valence-corrected chi connectivity index (χ3v) is 4.20. The van der Waals surface area contributed by atoms with E-state index in [1.807, 2.05) is 12.1 Å². The van der Waals surface area contributed by atoms with Crippen molar-refractivity contribution in [2.45, 2.75) is 31.2 Å². The average Bonchev–Trinajstić information content (AvgIpc) is 2.45. The maximum atomic E-state index is 6.35. The lowest BCUT2D eigenvalue weighted by Crippen LogP contribution is -2.14. The number of nitrogens with two attached hydrogens (primary N) is 1. The molecule has 3 rings (SSSR count). The van der Waals surface area contributed by atoms with Crippen LogP contribution in [-0.4, -0.2) is 12.1 Å². The number of methoxy groups -OCH3 is 1. The molecule has 0 bridgehead atoms. The van der Waals surface area contributed by atoms with Crippen molar-refractivity contribution < 1.29 is 4.74 Å². The SMILES string of the molecule is COc1ncccc1C(N)c1ccc(C2CCC2)cc1. The van der Waals surface area contributed by atoms with Crippen molar-refractivity contribution in [3.63, 3.8) is 0 Å². The molecule has 3 nitrogen and oxygen atoms in total. The largest absolute Gasteiger partial charge is 0.481 e. The molecular weight excluding hydrogens is 248 g/mol. The number of pyridine rings is 1. The van der Waals surface area contributed by atoms with Crippen LogP contribution in [0.1, 0.15) is 47.9 Å². The summed E-state index contributed by atoms with van der Waals surface area (Å²) < 4.78 is 5.29. The molecule has 1 aliphatic rings. The van der Waals surface area contributed by atoms with E-state index < -0.39 is 0 Å². The number of aromatic nitrogens is 1. The highest BCUT2D eigenvalue weighted by atomic mass is 16.5. The van der Waals surface area contributed by atoms with Crippen LogP contribution in [0.4, 0.5) is 0 Å². The number of ether oxygens (including phenoxy) is 1. The topological polar surface area (TPSA) is 48.1 Å². The zero-order chi connectivity index (χ0) is 13.9. The zero-order valence-corrected chi connectivity index (χ0v) is 11.8. The van der Waals surface area contributed by atoms with E-state index in [2.05, 4.69) is 29.2 Å². The van der Waals surface area contributed by atoms with Crippen LogP contribution in [0.25, 0.3) is 0 Å². The van der Waals surface area contributed by atoms with Crippen molar-refractivity contribution in [2.24, 2.45) is 5.73 Å². The Kier molecular flexibility index (Phi) is 3.70.